The Morgan fingerprint density at radius 2 is 2.11 bits per heavy atom. The first-order valence-electron chi connectivity index (χ1n) is 6.85. The zero-order chi connectivity index (χ0) is 14.3. The lowest BCUT2D eigenvalue weighted by Crippen LogP contribution is -2.20. The fraction of sp³-hybridized carbons (Fsp3) is 0.600. The van der Waals surface area contributed by atoms with Crippen LogP contribution in [0.4, 0.5) is 4.39 Å². The van der Waals surface area contributed by atoms with Gasteiger partial charge in [-0.3, -0.25) is 0 Å². The van der Waals surface area contributed by atoms with Gasteiger partial charge in [0, 0.05) is 30.2 Å². The van der Waals surface area contributed by atoms with Gasteiger partial charge in [-0.25, -0.2) is 4.39 Å². The molecule has 108 valence electrons. The summed E-state index contributed by atoms with van der Waals surface area (Å²) in [6, 6.07) is 4.92. The monoisotopic (exact) mass is 269 g/mol. The van der Waals surface area contributed by atoms with Gasteiger partial charge in [-0.15, -0.1) is 0 Å². The fourth-order valence-electron chi connectivity index (χ4n) is 1.71. The molecule has 1 aromatic rings. The Morgan fingerprint density at radius 1 is 1.37 bits per heavy atom. The van der Waals surface area contributed by atoms with E-state index >= 15 is 0 Å². The van der Waals surface area contributed by atoms with Crippen molar-refractivity contribution >= 4 is 0 Å². The van der Waals surface area contributed by atoms with Crippen LogP contribution in [-0.2, 0) is 0 Å². The SMILES string of the molecule is CCCNC(C)c1ccc(OCC(C)CO)cc1F. The number of rotatable bonds is 8. The van der Waals surface area contributed by atoms with E-state index in [1.165, 1.54) is 6.07 Å². The van der Waals surface area contributed by atoms with Crippen molar-refractivity contribution in [3.8, 4) is 5.75 Å². The minimum Gasteiger partial charge on any atom is -0.493 e. The van der Waals surface area contributed by atoms with Gasteiger partial charge in [-0.05, 0) is 26.0 Å². The average Bonchev–Trinajstić information content (AvgIpc) is 2.42. The molecule has 19 heavy (non-hydrogen) atoms. The van der Waals surface area contributed by atoms with Crippen LogP contribution in [0.5, 0.6) is 5.75 Å². The quantitative estimate of drug-likeness (QED) is 0.762. The number of ether oxygens (including phenoxy) is 1. The maximum Gasteiger partial charge on any atom is 0.131 e. The minimum absolute atomic E-state index is 0.00892. The Balaban J connectivity index is 2.63. The molecule has 0 aromatic heterocycles. The molecule has 0 radical (unpaired) electrons. The van der Waals surface area contributed by atoms with Crippen LogP contribution in [0.25, 0.3) is 0 Å². The Bertz CT molecular complexity index is 384. The second-order valence-corrected chi connectivity index (χ2v) is 4.96. The first-order chi connectivity index (χ1) is 9.08. The van der Waals surface area contributed by atoms with E-state index < -0.39 is 0 Å². The molecule has 0 aliphatic heterocycles. The molecule has 0 spiro atoms. The van der Waals surface area contributed by atoms with E-state index in [1.54, 1.807) is 12.1 Å². The summed E-state index contributed by atoms with van der Waals surface area (Å²) >= 11 is 0. The number of nitrogens with one attached hydrogen (secondary N) is 1. The summed E-state index contributed by atoms with van der Waals surface area (Å²) in [4.78, 5) is 0. The standard InChI is InChI=1S/C15H24FNO2/c1-4-7-17-12(3)14-6-5-13(8-15(14)16)19-10-11(2)9-18/h5-6,8,11-12,17-18H,4,7,9-10H2,1-3H3. The van der Waals surface area contributed by atoms with Gasteiger partial charge in [-0.2, -0.15) is 0 Å². The molecule has 0 amide bonds. The molecule has 0 aliphatic carbocycles. The summed E-state index contributed by atoms with van der Waals surface area (Å²) in [7, 11) is 0. The van der Waals surface area contributed by atoms with Gasteiger partial charge in [0.2, 0.25) is 0 Å². The first-order valence-corrected chi connectivity index (χ1v) is 6.85. The Hall–Kier alpha value is -1.13. The van der Waals surface area contributed by atoms with Crippen molar-refractivity contribution in [2.24, 2.45) is 5.92 Å². The maximum atomic E-state index is 14.0. The molecule has 1 rings (SSSR count). The van der Waals surface area contributed by atoms with Crippen LogP contribution >= 0.6 is 0 Å². The van der Waals surface area contributed by atoms with Gasteiger partial charge in [0.25, 0.3) is 0 Å². The molecule has 0 aliphatic rings. The Labute approximate surface area is 114 Å². The third kappa shape index (κ3) is 5.17. The Morgan fingerprint density at radius 3 is 2.68 bits per heavy atom. The van der Waals surface area contributed by atoms with E-state index in [9.17, 15) is 4.39 Å². The van der Waals surface area contributed by atoms with Gasteiger partial charge in [-0.1, -0.05) is 19.9 Å². The van der Waals surface area contributed by atoms with E-state index in [0.717, 1.165) is 13.0 Å². The number of aliphatic hydroxyl groups is 1. The van der Waals surface area contributed by atoms with Gasteiger partial charge >= 0.3 is 0 Å². The predicted octanol–water partition coefficient (Wildman–Crippen LogP) is 2.89. The van der Waals surface area contributed by atoms with Crippen molar-refractivity contribution in [1.29, 1.82) is 0 Å². The third-order valence-electron chi connectivity index (χ3n) is 2.99. The van der Waals surface area contributed by atoms with Crippen molar-refractivity contribution in [2.45, 2.75) is 33.2 Å². The topological polar surface area (TPSA) is 41.5 Å². The predicted molar refractivity (Wildman–Crippen MR) is 74.9 cm³/mol. The van der Waals surface area contributed by atoms with Crippen molar-refractivity contribution in [1.82, 2.24) is 5.32 Å². The summed E-state index contributed by atoms with van der Waals surface area (Å²) in [5.74, 6) is 0.294. The number of halogens is 1. The average molecular weight is 269 g/mol. The largest absolute Gasteiger partial charge is 0.493 e. The lowest BCUT2D eigenvalue weighted by molar-refractivity contribution is 0.174. The molecule has 0 fully saturated rings. The zero-order valence-corrected chi connectivity index (χ0v) is 11.9. The van der Waals surface area contributed by atoms with Crippen molar-refractivity contribution in [3.63, 3.8) is 0 Å². The van der Waals surface area contributed by atoms with Gasteiger partial charge in [0.1, 0.15) is 11.6 Å². The molecule has 0 saturated heterocycles. The molecule has 1 aromatic carbocycles. The van der Waals surface area contributed by atoms with Crippen LogP contribution < -0.4 is 10.1 Å². The van der Waals surface area contributed by atoms with E-state index in [0.29, 0.717) is 17.9 Å². The molecule has 2 unspecified atom stereocenters. The molecule has 0 heterocycles. The highest BCUT2D eigenvalue weighted by molar-refractivity contribution is 5.30. The zero-order valence-electron chi connectivity index (χ0n) is 11.9. The van der Waals surface area contributed by atoms with Crippen LogP contribution in [0.15, 0.2) is 18.2 Å². The molecule has 0 saturated carbocycles. The van der Waals surface area contributed by atoms with Crippen LogP contribution in [0, 0.1) is 11.7 Å². The first kappa shape index (κ1) is 15.9. The summed E-state index contributed by atoms with van der Waals surface area (Å²) in [6.07, 6.45) is 1.02. The van der Waals surface area contributed by atoms with E-state index in [-0.39, 0.29) is 24.4 Å². The van der Waals surface area contributed by atoms with Gasteiger partial charge in [0.05, 0.1) is 6.61 Å². The molecule has 3 nitrogen and oxygen atoms in total. The summed E-state index contributed by atoms with van der Waals surface area (Å²) in [5.41, 5.74) is 0.649. The molecule has 0 bridgehead atoms. The van der Waals surface area contributed by atoms with E-state index in [4.69, 9.17) is 9.84 Å². The molecule has 2 N–H and O–H groups in total. The van der Waals surface area contributed by atoms with Crippen molar-refractivity contribution in [3.05, 3.63) is 29.6 Å². The smallest absolute Gasteiger partial charge is 0.131 e. The second-order valence-electron chi connectivity index (χ2n) is 4.96. The highest BCUT2D eigenvalue weighted by atomic mass is 19.1. The van der Waals surface area contributed by atoms with Gasteiger partial charge in [0.15, 0.2) is 0 Å². The minimum atomic E-state index is -0.259. The van der Waals surface area contributed by atoms with Crippen LogP contribution in [0.1, 0.15) is 38.8 Å². The molecule has 2 atom stereocenters. The van der Waals surface area contributed by atoms with Gasteiger partial charge < -0.3 is 15.2 Å². The van der Waals surface area contributed by atoms with Crippen molar-refractivity contribution in [2.75, 3.05) is 19.8 Å². The Kier molecular flexibility index (Phi) is 6.81. The van der Waals surface area contributed by atoms with Crippen LogP contribution in [-0.4, -0.2) is 24.9 Å². The summed E-state index contributed by atoms with van der Waals surface area (Å²) in [5, 5.41) is 12.2. The number of hydrogen-bond donors (Lipinski definition) is 2. The fourth-order valence-corrected chi connectivity index (χ4v) is 1.71. The highest BCUT2D eigenvalue weighted by Gasteiger charge is 2.11. The van der Waals surface area contributed by atoms with E-state index in [1.807, 2.05) is 13.8 Å². The normalized spacial score (nSPS) is 14.2. The number of hydrogen-bond acceptors (Lipinski definition) is 3. The molecule has 4 heteroatoms. The summed E-state index contributed by atoms with van der Waals surface area (Å²) in [6.45, 7) is 7.23. The molecular formula is C15H24FNO2. The maximum absolute atomic E-state index is 14.0. The van der Waals surface area contributed by atoms with Crippen LogP contribution in [0.2, 0.25) is 0 Å². The van der Waals surface area contributed by atoms with E-state index in [2.05, 4.69) is 12.2 Å². The highest BCUT2D eigenvalue weighted by Crippen LogP contribution is 2.22. The molecular weight excluding hydrogens is 245 g/mol. The summed E-state index contributed by atoms with van der Waals surface area (Å²) < 4.78 is 19.4. The van der Waals surface area contributed by atoms with Crippen LogP contribution in [0.3, 0.4) is 0 Å². The second kappa shape index (κ2) is 8.12. The lowest BCUT2D eigenvalue weighted by atomic mass is 10.1. The number of aliphatic hydroxyl groups excluding tert-OH is 1. The van der Waals surface area contributed by atoms with Crippen molar-refractivity contribution < 1.29 is 14.2 Å². The lowest BCUT2D eigenvalue weighted by Gasteiger charge is -2.16. The third-order valence-corrected chi connectivity index (χ3v) is 2.99. The number of benzene rings is 1.